The van der Waals surface area contributed by atoms with E-state index in [0.717, 1.165) is 23.6 Å². The van der Waals surface area contributed by atoms with Crippen LogP contribution in [0.5, 0.6) is 0 Å². The average Bonchev–Trinajstić information content (AvgIpc) is 2.56. The lowest BCUT2D eigenvalue weighted by Gasteiger charge is -2.47. The highest BCUT2D eigenvalue weighted by molar-refractivity contribution is 6.42. The van der Waals surface area contributed by atoms with Gasteiger partial charge in [0.25, 0.3) is 5.91 Å². The van der Waals surface area contributed by atoms with Crippen molar-refractivity contribution in [2.24, 2.45) is 0 Å². The van der Waals surface area contributed by atoms with Crippen LogP contribution in [0, 0.1) is 0 Å². The summed E-state index contributed by atoms with van der Waals surface area (Å²) >= 11 is 11.9. The molecule has 0 aliphatic carbocycles. The first-order valence-electron chi connectivity index (χ1n) is 8.17. The number of hydrogen-bond acceptors (Lipinski definition) is 3. The molecule has 2 aromatic carbocycles. The lowest BCUT2D eigenvalue weighted by atomic mass is 9.79. The molecule has 1 aliphatic heterocycles. The fraction of sp³-hybridized carbons (Fsp3) is 0.316. The van der Waals surface area contributed by atoms with Gasteiger partial charge in [-0.2, -0.15) is 0 Å². The molecule has 4 nitrogen and oxygen atoms in total. The second-order valence-corrected chi connectivity index (χ2v) is 7.25. The van der Waals surface area contributed by atoms with Gasteiger partial charge in [0.15, 0.2) is 0 Å². The molecule has 2 aromatic rings. The molecule has 6 heteroatoms. The smallest absolute Gasteiger partial charge is 0.251 e. The minimum Gasteiger partial charge on any atom is -0.311 e. The predicted octanol–water partition coefficient (Wildman–Crippen LogP) is 4.03. The zero-order chi connectivity index (χ0) is 18.0. The molecule has 0 aromatic heterocycles. The van der Waals surface area contributed by atoms with Crippen molar-refractivity contribution in [2.75, 3.05) is 6.54 Å². The van der Waals surface area contributed by atoms with Gasteiger partial charge in [0.2, 0.25) is 0 Å². The quantitative estimate of drug-likeness (QED) is 0.609. The molecule has 1 saturated heterocycles. The number of nitrogens with one attached hydrogen (secondary N) is 1. The number of rotatable bonds is 5. The first-order valence-corrected chi connectivity index (χ1v) is 8.93. The van der Waals surface area contributed by atoms with Gasteiger partial charge in [0, 0.05) is 6.04 Å². The number of halogens is 2. The minimum atomic E-state index is -0.840. The zero-order valence-corrected chi connectivity index (χ0v) is 15.4. The monoisotopic (exact) mass is 378 g/mol. The third-order valence-electron chi connectivity index (χ3n) is 4.88. The van der Waals surface area contributed by atoms with Gasteiger partial charge in [-0.3, -0.25) is 10.0 Å². The molecule has 1 aliphatic rings. The number of hydrogen-bond donors (Lipinski definition) is 2. The third kappa shape index (κ3) is 3.53. The first-order chi connectivity index (χ1) is 11.9. The Hall–Kier alpha value is -1.59. The topological polar surface area (TPSA) is 52.6 Å². The summed E-state index contributed by atoms with van der Waals surface area (Å²) in [6.07, 6.45) is 0.936. The van der Waals surface area contributed by atoms with Crippen molar-refractivity contribution in [3.63, 3.8) is 0 Å². The van der Waals surface area contributed by atoms with Gasteiger partial charge in [0.1, 0.15) is 5.54 Å². The van der Waals surface area contributed by atoms with Crippen molar-refractivity contribution in [3.05, 3.63) is 69.7 Å². The number of nitrogens with zero attached hydrogens (tertiary/aromatic N) is 1. The summed E-state index contributed by atoms with van der Waals surface area (Å²) < 4.78 is 0. The predicted molar refractivity (Wildman–Crippen MR) is 99.0 cm³/mol. The molecule has 1 amide bonds. The first kappa shape index (κ1) is 18.2. The highest BCUT2D eigenvalue weighted by atomic mass is 35.5. The molecule has 0 saturated carbocycles. The molecule has 25 heavy (non-hydrogen) atoms. The summed E-state index contributed by atoms with van der Waals surface area (Å²) in [6, 6.07) is 14.6. The Labute approximate surface area is 157 Å². The van der Waals surface area contributed by atoms with Crippen molar-refractivity contribution in [1.29, 1.82) is 0 Å². The van der Waals surface area contributed by atoms with Crippen LogP contribution in [0.15, 0.2) is 48.5 Å². The van der Waals surface area contributed by atoms with Crippen molar-refractivity contribution < 1.29 is 10.0 Å². The summed E-state index contributed by atoms with van der Waals surface area (Å²) in [5.41, 5.74) is 0.750. The molecule has 1 heterocycles. The summed E-state index contributed by atoms with van der Waals surface area (Å²) in [4.78, 5) is 12.7. The highest BCUT2D eigenvalue weighted by Crippen LogP contribution is 2.35. The second kappa shape index (κ2) is 7.34. The van der Waals surface area contributed by atoms with Crippen LogP contribution in [0.2, 0.25) is 10.0 Å². The van der Waals surface area contributed by atoms with Gasteiger partial charge in [0.05, 0.1) is 16.5 Å². The van der Waals surface area contributed by atoms with E-state index in [4.69, 9.17) is 23.2 Å². The van der Waals surface area contributed by atoms with Crippen molar-refractivity contribution in [1.82, 2.24) is 10.4 Å². The van der Waals surface area contributed by atoms with Gasteiger partial charge < -0.3 is 5.32 Å². The summed E-state index contributed by atoms with van der Waals surface area (Å²) in [6.45, 7) is 2.76. The molecule has 0 bridgehead atoms. The number of hydroxylamine groups is 2. The van der Waals surface area contributed by atoms with E-state index in [1.165, 1.54) is 0 Å². The maximum atomic E-state index is 12.7. The van der Waals surface area contributed by atoms with E-state index >= 15 is 0 Å². The van der Waals surface area contributed by atoms with Gasteiger partial charge >= 0.3 is 0 Å². The van der Waals surface area contributed by atoms with Crippen LogP contribution in [0.4, 0.5) is 0 Å². The van der Waals surface area contributed by atoms with Crippen LogP contribution in [-0.2, 0) is 16.8 Å². The molecule has 2 N–H and O–H groups in total. The highest BCUT2D eigenvalue weighted by Gasteiger charge is 2.46. The fourth-order valence-electron chi connectivity index (χ4n) is 3.17. The second-order valence-electron chi connectivity index (χ2n) is 6.44. The fourth-order valence-corrected chi connectivity index (χ4v) is 3.49. The molecule has 132 valence electrons. The Bertz CT molecular complexity index is 765. The number of amides is 1. The Balaban J connectivity index is 1.85. The number of carbonyl (C=O) groups is 1. The molecule has 2 atom stereocenters. The van der Waals surface area contributed by atoms with Crippen LogP contribution in [0.25, 0.3) is 0 Å². The Morgan fingerprint density at radius 2 is 1.92 bits per heavy atom. The number of carbonyl (C=O) groups excluding carboxylic acids is 1. The van der Waals surface area contributed by atoms with Crippen LogP contribution in [0.3, 0.4) is 0 Å². The molecule has 0 radical (unpaired) electrons. The maximum absolute atomic E-state index is 12.7. The van der Waals surface area contributed by atoms with Crippen molar-refractivity contribution in [2.45, 2.75) is 31.3 Å². The third-order valence-corrected chi connectivity index (χ3v) is 5.62. The van der Waals surface area contributed by atoms with Crippen LogP contribution < -0.4 is 5.32 Å². The van der Waals surface area contributed by atoms with Crippen LogP contribution in [-0.4, -0.2) is 28.8 Å². The van der Waals surface area contributed by atoms with E-state index in [-0.39, 0.29) is 12.5 Å². The lowest BCUT2D eigenvalue weighted by molar-refractivity contribution is -0.202. The molecule has 1 unspecified atom stereocenters. The van der Waals surface area contributed by atoms with Crippen molar-refractivity contribution in [3.8, 4) is 0 Å². The van der Waals surface area contributed by atoms with Gasteiger partial charge in [-0.15, -0.1) is 0 Å². The minimum absolute atomic E-state index is 0.00217. The van der Waals surface area contributed by atoms with E-state index in [1.54, 1.807) is 18.2 Å². The maximum Gasteiger partial charge on any atom is 0.251 e. The largest absolute Gasteiger partial charge is 0.311 e. The van der Waals surface area contributed by atoms with Gasteiger partial charge in [-0.05, 0) is 43.1 Å². The van der Waals surface area contributed by atoms with Gasteiger partial charge in [-0.25, -0.2) is 5.06 Å². The summed E-state index contributed by atoms with van der Waals surface area (Å²) in [5.74, 6) is -0.390. The molecule has 0 spiro atoms. The lowest BCUT2D eigenvalue weighted by Crippen LogP contribution is -2.63. The molecular weight excluding hydrogens is 359 g/mol. The van der Waals surface area contributed by atoms with E-state index in [2.05, 4.69) is 5.32 Å². The Kier molecular flexibility index (Phi) is 5.35. The Morgan fingerprint density at radius 1 is 1.24 bits per heavy atom. The normalized spacial score (nSPS) is 19.0. The SMILES string of the molecule is C[C@](c1ccccc1)(C1CCN1)N(O)C(=O)Cc1ccc(Cl)c(Cl)c1. The molecular formula is C19H20Cl2N2O2. The van der Waals surface area contributed by atoms with Crippen LogP contribution >= 0.6 is 23.2 Å². The zero-order valence-electron chi connectivity index (χ0n) is 13.9. The number of benzene rings is 2. The van der Waals surface area contributed by atoms with Crippen molar-refractivity contribution >= 4 is 29.1 Å². The Morgan fingerprint density at radius 3 is 2.48 bits per heavy atom. The van der Waals surface area contributed by atoms with Crippen LogP contribution in [0.1, 0.15) is 24.5 Å². The van der Waals surface area contributed by atoms with E-state index in [1.807, 2.05) is 37.3 Å². The van der Waals surface area contributed by atoms with E-state index in [0.29, 0.717) is 15.6 Å². The molecule has 1 fully saturated rings. The molecule has 3 rings (SSSR count). The standard InChI is InChI=1S/C19H20Cl2N2O2/c1-19(17-9-10-22-17,14-5-3-2-4-6-14)23(25)18(24)12-13-7-8-15(20)16(21)11-13/h2-8,11,17,22,25H,9-10,12H2,1H3/t17?,19-/m0/s1. The van der Waals surface area contributed by atoms with E-state index < -0.39 is 11.4 Å². The summed E-state index contributed by atoms with van der Waals surface area (Å²) in [5, 5.41) is 15.8. The average molecular weight is 379 g/mol. The summed E-state index contributed by atoms with van der Waals surface area (Å²) in [7, 11) is 0. The van der Waals surface area contributed by atoms with Gasteiger partial charge in [-0.1, -0.05) is 59.6 Å². The van der Waals surface area contributed by atoms with E-state index in [9.17, 15) is 10.0 Å².